The van der Waals surface area contributed by atoms with Crippen LogP contribution in [0.1, 0.15) is 24.9 Å². The van der Waals surface area contributed by atoms with Gasteiger partial charge in [0.2, 0.25) is 0 Å². The van der Waals surface area contributed by atoms with Gasteiger partial charge >= 0.3 is 0 Å². The van der Waals surface area contributed by atoms with Gasteiger partial charge in [0.1, 0.15) is 5.01 Å². The van der Waals surface area contributed by atoms with Gasteiger partial charge in [0.25, 0.3) is 0 Å². The molecule has 2 rings (SSSR count). The summed E-state index contributed by atoms with van der Waals surface area (Å²) < 4.78 is 24.1. The molecule has 0 aliphatic rings. The zero-order valence-electron chi connectivity index (χ0n) is 10.8. The Morgan fingerprint density at radius 1 is 1.37 bits per heavy atom. The summed E-state index contributed by atoms with van der Waals surface area (Å²) in [5.41, 5.74) is 0.632. The normalized spacial score (nSPS) is 13.2. The van der Waals surface area contributed by atoms with Crippen molar-refractivity contribution < 1.29 is 8.42 Å². The maximum Gasteiger partial charge on any atom is 0.180 e. The molecule has 0 saturated heterocycles. The fraction of sp³-hybridized carbons (Fsp3) is 0.308. The molecule has 1 aromatic heterocycles. The van der Waals surface area contributed by atoms with Crippen LogP contribution in [-0.4, -0.2) is 19.2 Å². The number of sulfone groups is 1. The second-order valence-electron chi connectivity index (χ2n) is 4.14. The summed E-state index contributed by atoms with van der Waals surface area (Å²) in [6.07, 6.45) is 1.74. The standard InChI is InChI=1S/C13H16N2O2S2/c1-3-19(16,17)12-7-5-4-6-11(12)15-10(2)13-14-8-9-18-13/h4-10,15H,3H2,1-2H3. The van der Waals surface area contributed by atoms with E-state index in [1.54, 1.807) is 42.7 Å². The van der Waals surface area contributed by atoms with Crippen LogP contribution in [0, 0.1) is 0 Å². The van der Waals surface area contributed by atoms with Crippen molar-refractivity contribution in [1.29, 1.82) is 0 Å². The monoisotopic (exact) mass is 296 g/mol. The van der Waals surface area contributed by atoms with Crippen LogP contribution in [0.5, 0.6) is 0 Å². The fourth-order valence-electron chi connectivity index (χ4n) is 1.76. The van der Waals surface area contributed by atoms with E-state index in [-0.39, 0.29) is 11.8 Å². The first-order valence-electron chi connectivity index (χ1n) is 6.02. The number of para-hydroxylation sites is 1. The average molecular weight is 296 g/mol. The van der Waals surface area contributed by atoms with Gasteiger partial charge in [-0.3, -0.25) is 0 Å². The molecule has 6 heteroatoms. The Kier molecular flexibility index (Phi) is 4.21. The van der Waals surface area contributed by atoms with E-state index in [0.29, 0.717) is 10.6 Å². The van der Waals surface area contributed by atoms with Crippen molar-refractivity contribution in [2.45, 2.75) is 24.8 Å². The Morgan fingerprint density at radius 2 is 2.11 bits per heavy atom. The predicted octanol–water partition coefficient (Wildman–Crippen LogP) is 3.11. The number of nitrogens with one attached hydrogen (secondary N) is 1. The van der Waals surface area contributed by atoms with Crippen molar-refractivity contribution in [2.75, 3.05) is 11.1 Å². The molecular weight excluding hydrogens is 280 g/mol. The molecular formula is C13H16N2O2S2. The van der Waals surface area contributed by atoms with Crippen LogP contribution in [0.15, 0.2) is 40.7 Å². The number of hydrogen-bond donors (Lipinski definition) is 1. The summed E-state index contributed by atoms with van der Waals surface area (Å²) >= 11 is 1.55. The summed E-state index contributed by atoms with van der Waals surface area (Å²) in [5, 5.41) is 6.06. The molecule has 0 aliphatic carbocycles. The van der Waals surface area contributed by atoms with Gasteiger partial charge in [-0.05, 0) is 19.1 Å². The number of thiazole rings is 1. The molecule has 0 saturated carbocycles. The van der Waals surface area contributed by atoms with E-state index in [1.807, 2.05) is 18.4 Å². The summed E-state index contributed by atoms with van der Waals surface area (Å²) in [5.74, 6) is 0.0946. The third-order valence-corrected chi connectivity index (χ3v) is 5.54. The van der Waals surface area contributed by atoms with Gasteiger partial charge in [-0.15, -0.1) is 11.3 Å². The van der Waals surface area contributed by atoms with Crippen molar-refractivity contribution in [2.24, 2.45) is 0 Å². The molecule has 0 amide bonds. The highest BCUT2D eigenvalue weighted by Crippen LogP contribution is 2.27. The maximum atomic E-state index is 12.0. The minimum atomic E-state index is -3.22. The highest BCUT2D eigenvalue weighted by atomic mass is 32.2. The van der Waals surface area contributed by atoms with Gasteiger partial charge in [0, 0.05) is 11.6 Å². The second kappa shape index (κ2) is 5.71. The quantitative estimate of drug-likeness (QED) is 0.921. The van der Waals surface area contributed by atoms with Crippen LogP contribution < -0.4 is 5.32 Å². The molecule has 1 heterocycles. The number of benzene rings is 1. The van der Waals surface area contributed by atoms with E-state index < -0.39 is 9.84 Å². The topological polar surface area (TPSA) is 59.1 Å². The smallest absolute Gasteiger partial charge is 0.180 e. The van der Waals surface area contributed by atoms with Gasteiger partial charge in [-0.1, -0.05) is 19.1 Å². The molecule has 0 bridgehead atoms. The zero-order valence-corrected chi connectivity index (χ0v) is 12.5. The number of rotatable bonds is 5. The van der Waals surface area contributed by atoms with E-state index in [1.165, 1.54) is 0 Å². The summed E-state index contributed by atoms with van der Waals surface area (Å²) in [6, 6.07) is 6.96. The molecule has 2 aromatic rings. The van der Waals surface area contributed by atoms with E-state index in [2.05, 4.69) is 10.3 Å². The summed E-state index contributed by atoms with van der Waals surface area (Å²) in [4.78, 5) is 4.58. The molecule has 0 radical (unpaired) electrons. The molecule has 4 nitrogen and oxygen atoms in total. The lowest BCUT2D eigenvalue weighted by atomic mass is 10.2. The first kappa shape index (κ1) is 14.0. The third-order valence-electron chi connectivity index (χ3n) is 2.80. The highest BCUT2D eigenvalue weighted by Gasteiger charge is 2.18. The van der Waals surface area contributed by atoms with Crippen LogP contribution >= 0.6 is 11.3 Å². The first-order chi connectivity index (χ1) is 9.04. The lowest BCUT2D eigenvalue weighted by Gasteiger charge is -2.16. The molecule has 1 N–H and O–H groups in total. The van der Waals surface area contributed by atoms with E-state index in [4.69, 9.17) is 0 Å². The Labute approximate surface area is 117 Å². The Bertz CT molecular complexity index is 636. The van der Waals surface area contributed by atoms with Crippen LogP contribution in [0.3, 0.4) is 0 Å². The van der Waals surface area contributed by atoms with E-state index >= 15 is 0 Å². The SMILES string of the molecule is CCS(=O)(=O)c1ccccc1NC(C)c1nccs1. The van der Waals surface area contributed by atoms with Gasteiger partial charge < -0.3 is 5.32 Å². The van der Waals surface area contributed by atoms with Crippen LogP contribution in [0.25, 0.3) is 0 Å². The van der Waals surface area contributed by atoms with Gasteiger partial charge in [0.05, 0.1) is 22.4 Å². The summed E-state index contributed by atoms with van der Waals surface area (Å²) in [6.45, 7) is 3.62. The molecule has 1 aromatic carbocycles. The number of hydrogen-bond acceptors (Lipinski definition) is 5. The predicted molar refractivity (Wildman–Crippen MR) is 78.3 cm³/mol. The molecule has 19 heavy (non-hydrogen) atoms. The Morgan fingerprint density at radius 3 is 2.74 bits per heavy atom. The number of nitrogens with zero attached hydrogens (tertiary/aromatic N) is 1. The molecule has 0 spiro atoms. The molecule has 1 atom stereocenters. The first-order valence-corrected chi connectivity index (χ1v) is 8.55. The van der Waals surface area contributed by atoms with E-state index in [9.17, 15) is 8.42 Å². The lowest BCUT2D eigenvalue weighted by molar-refractivity contribution is 0.597. The second-order valence-corrected chi connectivity index (χ2v) is 7.31. The summed E-state index contributed by atoms with van der Waals surface area (Å²) in [7, 11) is -3.22. The molecule has 1 unspecified atom stereocenters. The van der Waals surface area contributed by atoms with Gasteiger partial charge in [-0.2, -0.15) is 0 Å². The van der Waals surface area contributed by atoms with Crippen molar-refractivity contribution in [3.05, 3.63) is 40.8 Å². The van der Waals surface area contributed by atoms with Crippen molar-refractivity contribution in [1.82, 2.24) is 4.98 Å². The van der Waals surface area contributed by atoms with Crippen molar-refractivity contribution in [3.8, 4) is 0 Å². The molecule has 102 valence electrons. The maximum absolute atomic E-state index is 12.0. The molecule has 0 aliphatic heterocycles. The lowest BCUT2D eigenvalue weighted by Crippen LogP contribution is -2.11. The number of aromatic nitrogens is 1. The van der Waals surface area contributed by atoms with Gasteiger partial charge in [0.15, 0.2) is 9.84 Å². The van der Waals surface area contributed by atoms with Crippen molar-refractivity contribution in [3.63, 3.8) is 0 Å². The molecule has 0 fully saturated rings. The fourth-order valence-corrected chi connectivity index (χ4v) is 3.46. The van der Waals surface area contributed by atoms with Crippen LogP contribution in [0.2, 0.25) is 0 Å². The Balaban J connectivity index is 2.31. The largest absolute Gasteiger partial charge is 0.375 e. The van der Waals surface area contributed by atoms with E-state index in [0.717, 1.165) is 5.01 Å². The van der Waals surface area contributed by atoms with Gasteiger partial charge in [-0.25, -0.2) is 13.4 Å². The minimum absolute atomic E-state index is 0.0202. The van der Waals surface area contributed by atoms with Crippen LogP contribution in [0.4, 0.5) is 5.69 Å². The Hall–Kier alpha value is -1.40. The minimum Gasteiger partial charge on any atom is -0.375 e. The zero-order chi connectivity index (χ0) is 13.9. The third kappa shape index (κ3) is 3.13. The van der Waals surface area contributed by atoms with Crippen LogP contribution in [-0.2, 0) is 9.84 Å². The number of anilines is 1. The highest BCUT2D eigenvalue weighted by molar-refractivity contribution is 7.91. The van der Waals surface area contributed by atoms with Crippen molar-refractivity contribution >= 4 is 26.9 Å². The average Bonchev–Trinajstić information content (AvgIpc) is 2.93.